The molecule has 1 aromatic heterocycles. The number of benzene rings is 1. The van der Waals surface area contributed by atoms with Crippen LogP contribution < -0.4 is 4.74 Å². The minimum absolute atomic E-state index is 0.0221. The van der Waals surface area contributed by atoms with Crippen LogP contribution in [0.25, 0.3) is 0 Å². The molecule has 0 unspecified atom stereocenters. The molecule has 1 heterocycles. The first kappa shape index (κ1) is 19.9. The van der Waals surface area contributed by atoms with Crippen molar-refractivity contribution in [2.24, 2.45) is 0 Å². The summed E-state index contributed by atoms with van der Waals surface area (Å²) in [6.07, 6.45) is 1.50. The number of rotatable bonds is 10. The number of nitrogens with zero attached hydrogens (tertiary/aromatic N) is 1. The molecule has 26 heavy (non-hydrogen) atoms. The highest BCUT2D eigenvalue weighted by Crippen LogP contribution is 2.16. The van der Waals surface area contributed by atoms with Gasteiger partial charge in [0, 0.05) is 19.2 Å². The Balaban J connectivity index is 1.93. The minimum Gasteiger partial charge on any atom is -0.487 e. The summed E-state index contributed by atoms with van der Waals surface area (Å²) < 4.78 is 16.2. The fourth-order valence-corrected chi connectivity index (χ4v) is 2.45. The van der Waals surface area contributed by atoms with Crippen LogP contribution in [0.2, 0.25) is 0 Å². The molecule has 0 spiro atoms. The highest BCUT2D eigenvalue weighted by molar-refractivity contribution is 5.75. The highest BCUT2D eigenvalue weighted by atomic mass is 16.6. The van der Waals surface area contributed by atoms with Gasteiger partial charge in [-0.1, -0.05) is 12.1 Å². The third kappa shape index (κ3) is 6.13. The van der Waals surface area contributed by atoms with E-state index < -0.39 is 6.10 Å². The van der Waals surface area contributed by atoms with E-state index in [0.29, 0.717) is 32.0 Å². The van der Waals surface area contributed by atoms with Crippen molar-refractivity contribution in [3.05, 3.63) is 59.4 Å². The zero-order chi connectivity index (χ0) is 18.8. The first-order valence-electron chi connectivity index (χ1n) is 8.70. The fraction of sp³-hybridized carbons (Fsp3) is 0.400. The average Bonchev–Trinajstić information content (AvgIpc) is 2.67. The molecule has 0 aliphatic heterocycles. The Morgan fingerprint density at radius 2 is 1.88 bits per heavy atom. The van der Waals surface area contributed by atoms with E-state index in [9.17, 15) is 4.79 Å². The second-order valence-electron chi connectivity index (χ2n) is 5.65. The number of aliphatic hydroxyl groups is 1. The summed E-state index contributed by atoms with van der Waals surface area (Å²) in [7, 11) is 0. The molecule has 6 nitrogen and oxygen atoms in total. The minimum atomic E-state index is -0.600. The summed E-state index contributed by atoms with van der Waals surface area (Å²) in [5, 5.41) is 9.15. The van der Waals surface area contributed by atoms with E-state index in [0.717, 1.165) is 16.8 Å². The van der Waals surface area contributed by atoms with Gasteiger partial charge in [-0.3, -0.25) is 4.98 Å². The first-order chi connectivity index (χ1) is 12.7. The molecule has 0 saturated heterocycles. The molecule has 2 aromatic rings. The maximum absolute atomic E-state index is 11.9. The monoisotopic (exact) mass is 359 g/mol. The summed E-state index contributed by atoms with van der Waals surface area (Å²) in [5.41, 5.74) is 2.51. The molecular formula is C20H25NO5. The van der Waals surface area contributed by atoms with Crippen LogP contribution in [0.3, 0.4) is 0 Å². The molecule has 0 aliphatic rings. The summed E-state index contributed by atoms with van der Waals surface area (Å²) in [5.74, 6) is 0.360. The van der Waals surface area contributed by atoms with Crippen molar-refractivity contribution in [1.82, 2.24) is 4.98 Å². The van der Waals surface area contributed by atoms with Crippen molar-refractivity contribution in [3.63, 3.8) is 0 Å². The van der Waals surface area contributed by atoms with Crippen LogP contribution in [0.1, 0.15) is 30.7 Å². The molecule has 2 rings (SSSR count). The van der Waals surface area contributed by atoms with Gasteiger partial charge in [0.15, 0.2) is 6.10 Å². The summed E-state index contributed by atoms with van der Waals surface area (Å²) in [6.45, 7) is 4.70. The number of pyridine rings is 1. The van der Waals surface area contributed by atoms with Gasteiger partial charge >= 0.3 is 5.97 Å². The maximum Gasteiger partial charge on any atom is 0.335 e. The van der Waals surface area contributed by atoms with E-state index in [1.807, 2.05) is 31.2 Å². The number of esters is 1. The molecule has 6 heteroatoms. The lowest BCUT2D eigenvalue weighted by Crippen LogP contribution is -2.28. The Kier molecular flexibility index (Phi) is 8.05. The number of carbonyl (C=O) groups excluding carboxylic acids is 1. The van der Waals surface area contributed by atoms with Crippen molar-refractivity contribution in [3.8, 4) is 5.75 Å². The Hall–Kier alpha value is -2.44. The summed E-state index contributed by atoms with van der Waals surface area (Å²) in [6, 6.07) is 11.1. The Labute approximate surface area is 153 Å². The van der Waals surface area contributed by atoms with Crippen LogP contribution in [-0.2, 0) is 33.9 Å². The Morgan fingerprint density at radius 1 is 1.12 bits per heavy atom. The molecule has 0 fully saturated rings. The Bertz CT molecular complexity index is 687. The second kappa shape index (κ2) is 10.5. The van der Waals surface area contributed by atoms with E-state index >= 15 is 0 Å². The number of ether oxygens (including phenoxy) is 3. The lowest BCUT2D eigenvalue weighted by molar-refractivity contribution is -0.156. The third-order valence-corrected chi connectivity index (χ3v) is 3.71. The third-order valence-electron chi connectivity index (χ3n) is 3.71. The SMILES string of the molecule is CCOC(=O)[C@H](Cc1ccc(OCc2cc(CO)ccn2)cc1)OCC. The molecule has 1 N–H and O–H groups in total. The predicted octanol–water partition coefficient (Wildman–Crippen LogP) is 2.66. The summed E-state index contributed by atoms with van der Waals surface area (Å²) >= 11 is 0. The van der Waals surface area contributed by atoms with Crippen LogP contribution >= 0.6 is 0 Å². The van der Waals surface area contributed by atoms with Gasteiger partial charge in [-0.15, -0.1) is 0 Å². The number of aromatic nitrogens is 1. The maximum atomic E-state index is 11.9. The average molecular weight is 359 g/mol. The second-order valence-corrected chi connectivity index (χ2v) is 5.65. The van der Waals surface area contributed by atoms with E-state index in [2.05, 4.69) is 4.98 Å². The number of hydrogen-bond donors (Lipinski definition) is 1. The molecule has 1 aromatic carbocycles. The standard InChI is InChI=1S/C20H25NO5/c1-3-24-19(20(23)25-4-2)12-15-5-7-18(8-6-15)26-14-17-11-16(13-22)9-10-21-17/h5-11,19,22H,3-4,12-14H2,1-2H3/t19-/m0/s1. The largest absolute Gasteiger partial charge is 0.487 e. The van der Waals surface area contributed by atoms with Gasteiger partial charge in [0.1, 0.15) is 12.4 Å². The highest BCUT2D eigenvalue weighted by Gasteiger charge is 2.20. The van der Waals surface area contributed by atoms with Gasteiger partial charge in [0.25, 0.3) is 0 Å². The van der Waals surface area contributed by atoms with Crippen molar-refractivity contribution < 1.29 is 24.1 Å². The van der Waals surface area contributed by atoms with Gasteiger partial charge in [0.05, 0.1) is 18.9 Å². The molecule has 0 saturated carbocycles. The molecule has 0 aliphatic carbocycles. The molecule has 0 amide bonds. The first-order valence-corrected chi connectivity index (χ1v) is 8.70. The normalized spacial score (nSPS) is 11.8. The van der Waals surface area contributed by atoms with E-state index in [4.69, 9.17) is 19.3 Å². The van der Waals surface area contributed by atoms with Gasteiger partial charge in [-0.25, -0.2) is 4.79 Å². The van der Waals surface area contributed by atoms with Crippen molar-refractivity contribution in [1.29, 1.82) is 0 Å². The lowest BCUT2D eigenvalue weighted by Gasteiger charge is -2.15. The van der Waals surface area contributed by atoms with Crippen LogP contribution in [0.5, 0.6) is 5.75 Å². The van der Waals surface area contributed by atoms with E-state index in [1.54, 1.807) is 25.3 Å². The van der Waals surface area contributed by atoms with Crippen LogP contribution in [0, 0.1) is 0 Å². The van der Waals surface area contributed by atoms with Crippen LogP contribution in [-0.4, -0.2) is 35.4 Å². The topological polar surface area (TPSA) is 77.9 Å². The van der Waals surface area contributed by atoms with Crippen LogP contribution in [0.4, 0.5) is 0 Å². The lowest BCUT2D eigenvalue weighted by atomic mass is 10.1. The number of aliphatic hydroxyl groups excluding tert-OH is 1. The van der Waals surface area contributed by atoms with Crippen molar-refractivity contribution in [2.75, 3.05) is 13.2 Å². The van der Waals surface area contributed by atoms with Gasteiger partial charge in [0.2, 0.25) is 0 Å². The quantitative estimate of drug-likeness (QED) is 0.657. The smallest absolute Gasteiger partial charge is 0.335 e. The molecule has 0 radical (unpaired) electrons. The van der Waals surface area contributed by atoms with Crippen LogP contribution in [0.15, 0.2) is 42.6 Å². The van der Waals surface area contributed by atoms with Gasteiger partial charge in [-0.05, 0) is 49.2 Å². The van der Waals surface area contributed by atoms with Crippen molar-refractivity contribution >= 4 is 5.97 Å². The zero-order valence-electron chi connectivity index (χ0n) is 15.2. The molecule has 140 valence electrons. The van der Waals surface area contributed by atoms with Gasteiger partial charge in [-0.2, -0.15) is 0 Å². The van der Waals surface area contributed by atoms with E-state index in [-0.39, 0.29) is 12.6 Å². The Morgan fingerprint density at radius 3 is 2.54 bits per heavy atom. The molecule has 1 atom stereocenters. The van der Waals surface area contributed by atoms with Crippen molar-refractivity contribution in [2.45, 2.75) is 39.6 Å². The number of carbonyl (C=O) groups is 1. The zero-order valence-corrected chi connectivity index (χ0v) is 15.2. The number of hydrogen-bond acceptors (Lipinski definition) is 6. The molecular weight excluding hydrogens is 334 g/mol. The molecule has 0 bridgehead atoms. The van der Waals surface area contributed by atoms with E-state index in [1.165, 1.54) is 0 Å². The fourth-order valence-electron chi connectivity index (χ4n) is 2.45. The van der Waals surface area contributed by atoms with Gasteiger partial charge < -0.3 is 19.3 Å². The predicted molar refractivity (Wildman–Crippen MR) is 96.7 cm³/mol. The summed E-state index contributed by atoms with van der Waals surface area (Å²) in [4.78, 5) is 16.1.